The summed E-state index contributed by atoms with van der Waals surface area (Å²) in [7, 11) is 0. The van der Waals surface area contributed by atoms with Crippen LogP contribution in [0.5, 0.6) is 0 Å². The molecule has 1 saturated heterocycles. The molecule has 1 aromatic heterocycles. The Morgan fingerprint density at radius 2 is 2.03 bits per heavy atom. The van der Waals surface area contributed by atoms with Gasteiger partial charge in [-0.05, 0) is 54.5 Å². The van der Waals surface area contributed by atoms with Crippen LogP contribution in [0.3, 0.4) is 0 Å². The average molecular weight is 565 g/mol. The van der Waals surface area contributed by atoms with Crippen molar-refractivity contribution in [2.75, 3.05) is 49.6 Å². The van der Waals surface area contributed by atoms with Crippen molar-refractivity contribution in [3.63, 3.8) is 0 Å². The fraction of sp³-hybridized carbons (Fsp3) is 0.519. The minimum absolute atomic E-state index is 0.0166. The van der Waals surface area contributed by atoms with Crippen molar-refractivity contribution in [3.05, 3.63) is 45.4 Å². The number of hydrogen-bond donors (Lipinski definition) is 2. The van der Waals surface area contributed by atoms with E-state index in [2.05, 4.69) is 36.3 Å². The van der Waals surface area contributed by atoms with E-state index in [4.69, 9.17) is 16.3 Å². The third-order valence-corrected chi connectivity index (χ3v) is 7.60. The molecule has 1 aliphatic heterocycles. The summed E-state index contributed by atoms with van der Waals surface area (Å²) < 4.78 is 20.8. The molecule has 0 spiro atoms. The van der Waals surface area contributed by atoms with Gasteiger partial charge in [-0.3, -0.25) is 19.3 Å². The molecule has 0 unspecified atom stereocenters. The van der Waals surface area contributed by atoms with Crippen LogP contribution in [-0.2, 0) is 14.3 Å². The summed E-state index contributed by atoms with van der Waals surface area (Å²) in [6, 6.07) is 6.90. The van der Waals surface area contributed by atoms with Crippen molar-refractivity contribution in [2.24, 2.45) is 11.3 Å². The lowest BCUT2D eigenvalue weighted by molar-refractivity contribution is -0.125. The SMILES string of the molecule is CC(C)(C)CN(CC1CC1)[C@@H](CNC(=O)c1ccc(Cl)s1)C(=O)Nc1ccc(N2CCOCC2=O)cc1F. The zero-order valence-electron chi connectivity index (χ0n) is 21.9. The van der Waals surface area contributed by atoms with E-state index in [-0.39, 0.29) is 36.1 Å². The number of benzene rings is 1. The summed E-state index contributed by atoms with van der Waals surface area (Å²) >= 11 is 7.15. The molecule has 0 bridgehead atoms. The first-order valence-corrected chi connectivity index (χ1v) is 14.0. The third-order valence-electron chi connectivity index (χ3n) is 6.37. The Labute approximate surface area is 231 Å². The van der Waals surface area contributed by atoms with Crippen LogP contribution in [0, 0.1) is 17.2 Å². The van der Waals surface area contributed by atoms with Crippen LogP contribution >= 0.6 is 22.9 Å². The molecule has 2 aromatic rings. The predicted octanol–water partition coefficient (Wildman–Crippen LogP) is 4.40. The molecule has 0 radical (unpaired) electrons. The van der Waals surface area contributed by atoms with Crippen molar-refractivity contribution >= 4 is 52.0 Å². The van der Waals surface area contributed by atoms with Crippen LogP contribution in [0.1, 0.15) is 43.3 Å². The molecule has 2 fully saturated rings. The number of morpholine rings is 1. The lowest BCUT2D eigenvalue weighted by Gasteiger charge is -2.36. The molecule has 1 aromatic carbocycles. The van der Waals surface area contributed by atoms with E-state index in [1.54, 1.807) is 18.2 Å². The Bertz CT molecular complexity index is 1180. The van der Waals surface area contributed by atoms with Crippen LogP contribution < -0.4 is 15.5 Å². The lowest BCUT2D eigenvalue weighted by Crippen LogP contribution is -2.53. The van der Waals surface area contributed by atoms with Crippen molar-refractivity contribution in [1.29, 1.82) is 0 Å². The predicted molar refractivity (Wildman–Crippen MR) is 147 cm³/mol. The van der Waals surface area contributed by atoms with Gasteiger partial charge in [-0.1, -0.05) is 32.4 Å². The minimum Gasteiger partial charge on any atom is -0.370 e. The molecular weight excluding hydrogens is 531 g/mol. The third kappa shape index (κ3) is 7.75. The van der Waals surface area contributed by atoms with Crippen molar-refractivity contribution in [3.8, 4) is 0 Å². The number of rotatable bonds is 10. The molecule has 38 heavy (non-hydrogen) atoms. The van der Waals surface area contributed by atoms with Crippen LogP contribution in [-0.4, -0.2) is 68.1 Å². The zero-order valence-corrected chi connectivity index (χ0v) is 23.5. The Balaban J connectivity index is 1.52. The Kier molecular flexibility index (Phi) is 9.07. The van der Waals surface area contributed by atoms with Crippen LogP contribution in [0.15, 0.2) is 30.3 Å². The van der Waals surface area contributed by atoms with Gasteiger partial charge in [0.05, 0.1) is 21.5 Å². The van der Waals surface area contributed by atoms with E-state index >= 15 is 4.39 Å². The summed E-state index contributed by atoms with van der Waals surface area (Å²) in [4.78, 5) is 42.5. The molecule has 206 valence electrons. The first-order valence-electron chi connectivity index (χ1n) is 12.8. The summed E-state index contributed by atoms with van der Waals surface area (Å²) in [5, 5.41) is 5.60. The normalized spacial score (nSPS) is 17.0. The quantitative estimate of drug-likeness (QED) is 0.446. The molecule has 2 heterocycles. The highest BCUT2D eigenvalue weighted by molar-refractivity contribution is 7.18. The van der Waals surface area contributed by atoms with Gasteiger partial charge < -0.3 is 20.3 Å². The monoisotopic (exact) mass is 564 g/mol. The zero-order chi connectivity index (χ0) is 27.4. The van der Waals surface area contributed by atoms with Gasteiger partial charge in [0, 0.05) is 31.9 Å². The van der Waals surface area contributed by atoms with Crippen molar-refractivity contribution < 1.29 is 23.5 Å². The first-order chi connectivity index (χ1) is 18.0. The highest BCUT2D eigenvalue weighted by atomic mass is 35.5. The number of carbonyl (C=O) groups excluding carboxylic acids is 3. The van der Waals surface area contributed by atoms with E-state index in [1.807, 2.05) is 0 Å². The van der Waals surface area contributed by atoms with Crippen LogP contribution in [0.25, 0.3) is 0 Å². The van der Waals surface area contributed by atoms with E-state index in [9.17, 15) is 14.4 Å². The molecule has 11 heteroatoms. The van der Waals surface area contributed by atoms with Crippen LogP contribution in [0.2, 0.25) is 4.34 Å². The number of halogens is 2. The number of hydrogen-bond acceptors (Lipinski definition) is 6. The standard InChI is InChI=1S/C27H34ClFN4O4S/c1-27(2,3)16-32(14-17-4-5-17)21(13-30-26(36)22-8-9-23(28)38-22)25(35)31-20-7-6-18(12-19(20)29)33-10-11-37-15-24(33)34/h6-9,12,17,21H,4-5,10-11,13-16H2,1-3H3,(H,30,36)(H,31,35)/t21-/m0/s1. The number of carbonyl (C=O) groups is 3. The maximum atomic E-state index is 15.1. The van der Waals surface area contributed by atoms with E-state index in [1.165, 1.54) is 28.4 Å². The van der Waals surface area contributed by atoms with Gasteiger partial charge in [-0.25, -0.2) is 4.39 Å². The topological polar surface area (TPSA) is 91.0 Å². The number of amides is 3. The summed E-state index contributed by atoms with van der Waals surface area (Å²) in [5.74, 6) is -1.11. The minimum atomic E-state index is -0.714. The van der Waals surface area contributed by atoms with E-state index < -0.39 is 17.8 Å². The second-order valence-corrected chi connectivity index (χ2v) is 12.7. The second-order valence-electron chi connectivity index (χ2n) is 11.0. The highest BCUT2D eigenvalue weighted by Crippen LogP contribution is 2.32. The Hall–Kier alpha value is -2.53. The van der Waals surface area contributed by atoms with Gasteiger partial charge in [0.15, 0.2) is 0 Å². The van der Waals surface area contributed by atoms with E-state index in [0.29, 0.717) is 40.5 Å². The molecule has 3 amide bonds. The largest absolute Gasteiger partial charge is 0.370 e. The molecular formula is C27H34ClFN4O4S. The number of thiophene rings is 1. The van der Waals surface area contributed by atoms with Gasteiger partial charge in [0.2, 0.25) is 5.91 Å². The van der Waals surface area contributed by atoms with Crippen LogP contribution in [0.4, 0.5) is 15.8 Å². The van der Waals surface area contributed by atoms with Gasteiger partial charge in [0.25, 0.3) is 11.8 Å². The highest BCUT2D eigenvalue weighted by Gasteiger charge is 2.34. The van der Waals surface area contributed by atoms with Crippen molar-refractivity contribution in [2.45, 2.75) is 39.7 Å². The number of nitrogens with one attached hydrogen (secondary N) is 2. The molecule has 4 rings (SSSR count). The van der Waals surface area contributed by atoms with Crippen molar-refractivity contribution in [1.82, 2.24) is 10.2 Å². The van der Waals surface area contributed by atoms with Gasteiger partial charge in [-0.2, -0.15) is 0 Å². The molecule has 1 aliphatic carbocycles. The maximum absolute atomic E-state index is 15.1. The average Bonchev–Trinajstić information content (AvgIpc) is 3.55. The summed E-state index contributed by atoms with van der Waals surface area (Å²) in [6.07, 6.45) is 2.21. The molecule has 2 N–H and O–H groups in total. The van der Waals surface area contributed by atoms with Gasteiger partial charge in [-0.15, -0.1) is 11.3 Å². The maximum Gasteiger partial charge on any atom is 0.261 e. The molecule has 2 aliphatic rings. The summed E-state index contributed by atoms with van der Waals surface area (Å²) in [5.41, 5.74) is 0.328. The molecule has 1 atom stereocenters. The summed E-state index contributed by atoms with van der Waals surface area (Å²) in [6.45, 7) is 8.37. The fourth-order valence-electron chi connectivity index (χ4n) is 4.42. The molecule has 8 nitrogen and oxygen atoms in total. The van der Waals surface area contributed by atoms with E-state index in [0.717, 1.165) is 19.4 Å². The number of ether oxygens (including phenoxy) is 1. The fourth-order valence-corrected chi connectivity index (χ4v) is 5.38. The molecule has 1 saturated carbocycles. The lowest BCUT2D eigenvalue weighted by atomic mass is 9.94. The Morgan fingerprint density at radius 3 is 2.63 bits per heavy atom. The first kappa shape index (κ1) is 28.5. The second kappa shape index (κ2) is 12.1. The smallest absolute Gasteiger partial charge is 0.261 e. The van der Waals surface area contributed by atoms with Gasteiger partial charge >= 0.3 is 0 Å². The van der Waals surface area contributed by atoms with Gasteiger partial charge in [0.1, 0.15) is 18.5 Å². The Morgan fingerprint density at radius 1 is 1.26 bits per heavy atom. The number of nitrogens with zero attached hydrogens (tertiary/aromatic N) is 2. The number of anilines is 2.